The van der Waals surface area contributed by atoms with E-state index in [0.717, 1.165) is 54.8 Å². The molecule has 0 aliphatic carbocycles. The predicted molar refractivity (Wildman–Crippen MR) is 177 cm³/mol. The van der Waals surface area contributed by atoms with Crippen molar-refractivity contribution in [3.8, 4) is 17.2 Å². The molecule has 12 heteroatoms. The van der Waals surface area contributed by atoms with Gasteiger partial charge in [0.05, 0.1) is 40.0 Å². The van der Waals surface area contributed by atoms with Gasteiger partial charge in [-0.2, -0.15) is 0 Å². The van der Waals surface area contributed by atoms with E-state index in [9.17, 15) is 4.79 Å². The van der Waals surface area contributed by atoms with Crippen molar-refractivity contribution in [3.05, 3.63) is 65.2 Å². The number of nitrogens with one attached hydrogen (secondary N) is 1. The van der Waals surface area contributed by atoms with Crippen molar-refractivity contribution in [2.24, 2.45) is 7.05 Å². The number of piperazine rings is 1. The number of hydrogen-bond acceptors (Lipinski definition) is 9. The van der Waals surface area contributed by atoms with E-state index in [2.05, 4.69) is 41.1 Å². The van der Waals surface area contributed by atoms with Crippen molar-refractivity contribution in [1.82, 2.24) is 24.4 Å². The summed E-state index contributed by atoms with van der Waals surface area (Å²) in [6.07, 6.45) is 3.04. The average molecular weight is 673 g/mol. The van der Waals surface area contributed by atoms with Crippen LogP contribution in [0.5, 0.6) is 17.2 Å². The third-order valence-corrected chi connectivity index (χ3v) is 8.62. The number of amides is 1. The van der Waals surface area contributed by atoms with Gasteiger partial charge in [-0.1, -0.05) is 0 Å². The van der Waals surface area contributed by atoms with Gasteiger partial charge in [-0.05, 0) is 85.6 Å². The first-order valence-corrected chi connectivity index (χ1v) is 15.6. The number of benzene rings is 3. The molecule has 2 aliphatic rings. The highest BCUT2D eigenvalue weighted by molar-refractivity contribution is 9.10. The molecule has 7 rings (SSSR count). The van der Waals surface area contributed by atoms with E-state index in [0.29, 0.717) is 37.8 Å². The number of aryl methyl sites for hydroxylation is 2. The second-order valence-electron chi connectivity index (χ2n) is 12.5. The van der Waals surface area contributed by atoms with Crippen molar-refractivity contribution >= 4 is 61.2 Å². The van der Waals surface area contributed by atoms with Gasteiger partial charge >= 0.3 is 6.09 Å². The van der Waals surface area contributed by atoms with Crippen LogP contribution in [0, 0.1) is 6.92 Å². The van der Waals surface area contributed by atoms with Crippen LogP contribution in [0.25, 0.3) is 21.9 Å². The van der Waals surface area contributed by atoms with Gasteiger partial charge in [0, 0.05) is 42.9 Å². The fraction of sp³-hybridized carbons (Fsp3) is 0.333. The smallest absolute Gasteiger partial charge is 0.410 e. The molecule has 1 fully saturated rings. The zero-order valence-corrected chi connectivity index (χ0v) is 27.4. The number of halogens is 1. The maximum atomic E-state index is 12.8. The largest absolute Gasteiger partial charge is 0.488 e. The van der Waals surface area contributed by atoms with Crippen LogP contribution in [0.3, 0.4) is 0 Å². The van der Waals surface area contributed by atoms with Crippen molar-refractivity contribution in [3.63, 3.8) is 0 Å². The van der Waals surface area contributed by atoms with E-state index in [1.54, 1.807) is 17.6 Å². The van der Waals surface area contributed by atoms with Crippen molar-refractivity contribution in [2.45, 2.75) is 39.3 Å². The number of hydrogen-bond donors (Lipinski definition) is 1. The summed E-state index contributed by atoms with van der Waals surface area (Å²) in [6, 6.07) is 13.8. The zero-order valence-electron chi connectivity index (χ0n) is 25.8. The zero-order chi connectivity index (χ0) is 31.5. The molecule has 1 saturated heterocycles. The lowest BCUT2D eigenvalue weighted by Crippen LogP contribution is -2.59. The van der Waals surface area contributed by atoms with Gasteiger partial charge < -0.3 is 33.9 Å². The van der Waals surface area contributed by atoms with E-state index in [4.69, 9.17) is 14.2 Å². The SMILES string of the molecule is Cc1cc(Nc2ncnc3cc(Br)c4c(c23)OCC2CN(C(=O)OC(C)(C)C)CCN42)ccc1Oc1ccc2c(c1)ncn2C. The van der Waals surface area contributed by atoms with Gasteiger partial charge in [-0.25, -0.2) is 19.7 Å². The number of carbonyl (C=O) groups is 1. The number of ether oxygens (including phenoxy) is 3. The van der Waals surface area contributed by atoms with Crippen LogP contribution in [0.4, 0.5) is 22.0 Å². The number of rotatable bonds is 4. The Morgan fingerprint density at radius 1 is 1.07 bits per heavy atom. The molecule has 0 bridgehead atoms. The Morgan fingerprint density at radius 2 is 1.91 bits per heavy atom. The number of carbonyl (C=O) groups excluding carboxylic acids is 1. The Hall–Kier alpha value is -4.58. The first-order valence-electron chi connectivity index (χ1n) is 14.9. The van der Waals surface area contributed by atoms with E-state index in [-0.39, 0.29) is 12.1 Å². The number of anilines is 3. The topological polar surface area (TPSA) is 107 Å². The summed E-state index contributed by atoms with van der Waals surface area (Å²) in [5.74, 6) is 2.84. The van der Waals surface area contributed by atoms with Crippen LogP contribution in [-0.2, 0) is 11.8 Å². The van der Waals surface area contributed by atoms with Crippen LogP contribution < -0.4 is 19.7 Å². The van der Waals surface area contributed by atoms with Crippen molar-refractivity contribution in [1.29, 1.82) is 0 Å². The Morgan fingerprint density at radius 3 is 2.71 bits per heavy atom. The van der Waals surface area contributed by atoms with Crippen LogP contribution in [0.2, 0.25) is 0 Å². The summed E-state index contributed by atoms with van der Waals surface area (Å²) in [6.45, 7) is 9.78. The Kier molecular flexibility index (Phi) is 7.19. The Labute approximate surface area is 269 Å². The number of imidazole rings is 1. The normalized spacial score (nSPS) is 16.3. The van der Waals surface area contributed by atoms with E-state index in [1.165, 1.54) is 0 Å². The van der Waals surface area contributed by atoms with Gasteiger partial charge in [-0.15, -0.1) is 0 Å². The number of aromatic nitrogens is 4. The highest BCUT2D eigenvalue weighted by Gasteiger charge is 2.38. The van der Waals surface area contributed by atoms with E-state index < -0.39 is 5.60 Å². The summed E-state index contributed by atoms with van der Waals surface area (Å²) in [7, 11) is 1.97. The Balaban J connectivity index is 1.14. The van der Waals surface area contributed by atoms with Crippen LogP contribution in [0.15, 0.2) is 59.6 Å². The third kappa shape index (κ3) is 5.58. The van der Waals surface area contributed by atoms with Gasteiger partial charge in [0.25, 0.3) is 0 Å². The summed E-state index contributed by atoms with van der Waals surface area (Å²) in [5, 5.41) is 4.29. The molecule has 5 aromatic rings. The minimum Gasteiger partial charge on any atom is -0.488 e. The molecular formula is C33H34BrN7O4. The number of nitrogens with zero attached hydrogens (tertiary/aromatic N) is 6. The standard InChI is InChI=1S/C33H34BrN7O4/c1-19-12-20(6-9-27(19)44-22-7-8-26-24(13-22)37-18-39(26)5)38-31-28-25(35-17-36-31)14-23(34)29-30(28)43-16-21-15-40(10-11-41(21)29)32(42)45-33(2,3)4/h6-9,12-14,17-18,21H,10-11,15-16H2,1-5H3,(H,35,36,38). The molecule has 4 heterocycles. The molecule has 1 N–H and O–H groups in total. The van der Waals surface area contributed by atoms with Crippen LogP contribution >= 0.6 is 15.9 Å². The molecule has 0 saturated carbocycles. The molecule has 0 radical (unpaired) electrons. The molecule has 0 spiro atoms. The minimum atomic E-state index is -0.546. The molecule has 2 aliphatic heterocycles. The van der Waals surface area contributed by atoms with E-state index >= 15 is 0 Å². The lowest BCUT2D eigenvalue weighted by atomic mass is 10.1. The molecule has 11 nitrogen and oxygen atoms in total. The highest BCUT2D eigenvalue weighted by Crippen LogP contribution is 2.48. The van der Waals surface area contributed by atoms with E-state index in [1.807, 2.05) is 81.8 Å². The first kappa shape index (κ1) is 29.1. The predicted octanol–water partition coefficient (Wildman–Crippen LogP) is 6.94. The molecule has 1 atom stereocenters. The summed E-state index contributed by atoms with van der Waals surface area (Å²) < 4.78 is 21.1. The second-order valence-corrected chi connectivity index (χ2v) is 13.3. The summed E-state index contributed by atoms with van der Waals surface area (Å²) in [5.41, 5.74) is 4.90. The van der Waals surface area contributed by atoms with Crippen molar-refractivity contribution in [2.75, 3.05) is 36.5 Å². The molecular weight excluding hydrogens is 638 g/mol. The maximum Gasteiger partial charge on any atom is 0.410 e. The minimum absolute atomic E-state index is 0.0119. The number of fused-ring (bicyclic) bond motifs is 6. The summed E-state index contributed by atoms with van der Waals surface area (Å²) in [4.78, 5) is 30.4. The molecule has 232 valence electrons. The summed E-state index contributed by atoms with van der Waals surface area (Å²) >= 11 is 3.77. The molecule has 1 amide bonds. The second kappa shape index (κ2) is 11.1. The molecule has 2 aromatic heterocycles. The van der Waals surface area contributed by atoms with Gasteiger partial charge in [-0.3, -0.25) is 0 Å². The van der Waals surface area contributed by atoms with Crippen LogP contribution in [0.1, 0.15) is 26.3 Å². The van der Waals surface area contributed by atoms with Gasteiger partial charge in [0.1, 0.15) is 35.9 Å². The van der Waals surface area contributed by atoms with Crippen LogP contribution in [-0.4, -0.2) is 68.4 Å². The monoisotopic (exact) mass is 671 g/mol. The molecule has 45 heavy (non-hydrogen) atoms. The fourth-order valence-corrected chi connectivity index (χ4v) is 6.52. The third-order valence-electron chi connectivity index (χ3n) is 8.01. The first-order chi connectivity index (χ1) is 21.5. The Bertz CT molecular complexity index is 1950. The van der Waals surface area contributed by atoms with Crippen molar-refractivity contribution < 1.29 is 19.0 Å². The molecule has 1 unspecified atom stereocenters. The lowest BCUT2D eigenvalue weighted by Gasteiger charge is -2.46. The fourth-order valence-electron chi connectivity index (χ4n) is 5.90. The molecule has 3 aromatic carbocycles. The lowest BCUT2D eigenvalue weighted by molar-refractivity contribution is 0.0195. The van der Waals surface area contributed by atoms with Gasteiger partial charge in [0.15, 0.2) is 5.75 Å². The average Bonchev–Trinajstić information content (AvgIpc) is 3.36. The van der Waals surface area contributed by atoms with Gasteiger partial charge in [0.2, 0.25) is 0 Å². The highest BCUT2D eigenvalue weighted by atomic mass is 79.9. The quantitative estimate of drug-likeness (QED) is 0.217. The maximum absolute atomic E-state index is 12.8.